The maximum atomic E-state index is 3.62. The molecule has 2 heteroatoms. The van der Waals surface area contributed by atoms with Crippen molar-refractivity contribution in [3.8, 4) is 0 Å². The van der Waals surface area contributed by atoms with Crippen LogP contribution < -0.4 is 5.32 Å². The number of nitrogens with zero attached hydrogens (tertiary/aromatic N) is 1. The van der Waals surface area contributed by atoms with Gasteiger partial charge in [0.15, 0.2) is 0 Å². The standard InChI is InChI=1S/C12H26N2/c1-4-8-13-12(5-2)10-14-9-6-7-11(14)3/h11-13H,4-10H2,1-3H3. The number of hydrogen-bond donors (Lipinski definition) is 1. The molecule has 0 aliphatic carbocycles. The highest BCUT2D eigenvalue weighted by atomic mass is 15.2. The molecule has 0 radical (unpaired) electrons. The van der Waals surface area contributed by atoms with Gasteiger partial charge in [0.05, 0.1) is 0 Å². The number of nitrogens with one attached hydrogen (secondary N) is 1. The lowest BCUT2D eigenvalue weighted by molar-refractivity contribution is 0.233. The van der Waals surface area contributed by atoms with Gasteiger partial charge < -0.3 is 5.32 Å². The van der Waals surface area contributed by atoms with E-state index in [0.29, 0.717) is 6.04 Å². The average Bonchev–Trinajstić information content (AvgIpc) is 2.59. The van der Waals surface area contributed by atoms with Crippen molar-refractivity contribution in [2.75, 3.05) is 19.6 Å². The summed E-state index contributed by atoms with van der Waals surface area (Å²) >= 11 is 0. The van der Waals surface area contributed by atoms with Gasteiger partial charge in [0.1, 0.15) is 0 Å². The van der Waals surface area contributed by atoms with Gasteiger partial charge in [-0.3, -0.25) is 4.90 Å². The van der Waals surface area contributed by atoms with Gasteiger partial charge in [-0.1, -0.05) is 13.8 Å². The van der Waals surface area contributed by atoms with Crippen LogP contribution in [0, 0.1) is 0 Å². The maximum Gasteiger partial charge on any atom is 0.0192 e. The minimum absolute atomic E-state index is 0.704. The fraction of sp³-hybridized carbons (Fsp3) is 1.00. The fourth-order valence-corrected chi connectivity index (χ4v) is 2.23. The van der Waals surface area contributed by atoms with Crippen LogP contribution in [0.2, 0.25) is 0 Å². The van der Waals surface area contributed by atoms with Gasteiger partial charge in [-0.2, -0.15) is 0 Å². The van der Waals surface area contributed by atoms with Crippen molar-refractivity contribution in [3.63, 3.8) is 0 Å². The lowest BCUT2D eigenvalue weighted by atomic mass is 10.2. The first kappa shape index (κ1) is 12.0. The Morgan fingerprint density at radius 1 is 1.43 bits per heavy atom. The zero-order valence-electron chi connectivity index (χ0n) is 10.1. The van der Waals surface area contributed by atoms with Crippen molar-refractivity contribution in [2.45, 2.75) is 58.5 Å². The van der Waals surface area contributed by atoms with Gasteiger partial charge in [-0.25, -0.2) is 0 Å². The molecule has 0 aromatic heterocycles. The van der Waals surface area contributed by atoms with E-state index in [4.69, 9.17) is 0 Å². The van der Waals surface area contributed by atoms with Crippen molar-refractivity contribution in [3.05, 3.63) is 0 Å². The molecule has 1 fully saturated rings. The second kappa shape index (κ2) is 6.41. The Morgan fingerprint density at radius 2 is 2.21 bits per heavy atom. The molecular formula is C12H26N2. The molecule has 0 aromatic carbocycles. The van der Waals surface area contributed by atoms with Crippen molar-refractivity contribution < 1.29 is 0 Å². The van der Waals surface area contributed by atoms with Crippen LogP contribution in [0.4, 0.5) is 0 Å². The molecule has 84 valence electrons. The molecule has 2 unspecified atom stereocenters. The van der Waals surface area contributed by atoms with Crippen molar-refractivity contribution in [2.24, 2.45) is 0 Å². The Kier molecular flexibility index (Phi) is 5.49. The topological polar surface area (TPSA) is 15.3 Å². The summed E-state index contributed by atoms with van der Waals surface area (Å²) in [5.41, 5.74) is 0. The fourth-order valence-electron chi connectivity index (χ4n) is 2.23. The highest BCUT2D eigenvalue weighted by Gasteiger charge is 2.22. The zero-order valence-corrected chi connectivity index (χ0v) is 10.1. The molecule has 0 amide bonds. The quantitative estimate of drug-likeness (QED) is 0.704. The highest BCUT2D eigenvalue weighted by Crippen LogP contribution is 2.16. The van der Waals surface area contributed by atoms with Crippen LogP contribution in [-0.2, 0) is 0 Å². The van der Waals surface area contributed by atoms with E-state index in [2.05, 4.69) is 31.0 Å². The second-order valence-corrected chi connectivity index (χ2v) is 4.55. The van der Waals surface area contributed by atoms with Gasteiger partial charge in [0.25, 0.3) is 0 Å². The van der Waals surface area contributed by atoms with Gasteiger partial charge in [-0.15, -0.1) is 0 Å². The molecule has 0 saturated carbocycles. The first-order valence-corrected chi connectivity index (χ1v) is 6.25. The Hall–Kier alpha value is -0.0800. The average molecular weight is 198 g/mol. The molecule has 1 heterocycles. The number of likely N-dealkylation sites (tertiary alicyclic amines) is 1. The SMILES string of the molecule is CCCNC(CC)CN1CCCC1C. The molecule has 0 aromatic rings. The number of rotatable bonds is 6. The molecule has 1 rings (SSSR count). The Labute approximate surface area is 89.1 Å². The Morgan fingerprint density at radius 3 is 2.71 bits per heavy atom. The molecule has 0 spiro atoms. The van der Waals surface area contributed by atoms with E-state index in [1.807, 2.05) is 0 Å². The van der Waals surface area contributed by atoms with Crippen LogP contribution in [0.25, 0.3) is 0 Å². The smallest absolute Gasteiger partial charge is 0.0192 e. The van der Waals surface area contributed by atoms with Crippen LogP contribution in [0.15, 0.2) is 0 Å². The highest BCUT2D eigenvalue weighted by molar-refractivity contribution is 4.79. The minimum Gasteiger partial charge on any atom is -0.313 e. The lowest BCUT2D eigenvalue weighted by Crippen LogP contribution is -2.42. The molecule has 1 aliphatic rings. The van der Waals surface area contributed by atoms with E-state index >= 15 is 0 Å². The van der Waals surface area contributed by atoms with Gasteiger partial charge in [0.2, 0.25) is 0 Å². The minimum atomic E-state index is 0.704. The monoisotopic (exact) mass is 198 g/mol. The Balaban J connectivity index is 2.24. The molecule has 0 bridgehead atoms. The third-order valence-electron chi connectivity index (χ3n) is 3.32. The van der Waals surface area contributed by atoms with E-state index in [-0.39, 0.29) is 0 Å². The van der Waals surface area contributed by atoms with E-state index in [1.165, 1.54) is 45.3 Å². The van der Waals surface area contributed by atoms with E-state index in [9.17, 15) is 0 Å². The third-order valence-corrected chi connectivity index (χ3v) is 3.32. The molecule has 14 heavy (non-hydrogen) atoms. The van der Waals surface area contributed by atoms with E-state index in [0.717, 1.165) is 6.04 Å². The summed E-state index contributed by atoms with van der Waals surface area (Å²) in [7, 11) is 0. The molecule has 2 nitrogen and oxygen atoms in total. The number of hydrogen-bond acceptors (Lipinski definition) is 2. The summed E-state index contributed by atoms with van der Waals surface area (Å²) < 4.78 is 0. The maximum absolute atomic E-state index is 3.62. The summed E-state index contributed by atoms with van der Waals surface area (Å²) in [5.74, 6) is 0. The van der Waals surface area contributed by atoms with Gasteiger partial charge in [-0.05, 0) is 45.7 Å². The van der Waals surface area contributed by atoms with E-state index in [1.54, 1.807) is 0 Å². The lowest BCUT2D eigenvalue weighted by Gasteiger charge is -2.27. The molecule has 1 N–H and O–H groups in total. The predicted molar refractivity (Wildman–Crippen MR) is 62.6 cm³/mol. The molecular weight excluding hydrogens is 172 g/mol. The first-order chi connectivity index (χ1) is 6.77. The summed E-state index contributed by atoms with van der Waals surface area (Å²) in [6.07, 6.45) is 5.28. The molecule has 1 saturated heterocycles. The first-order valence-electron chi connectivity index (χ1n) is 6.25. The van der Waals surface area contributed by atoms with Crippen LogP contribution in [0.3, 0.4) is 0 Å². The van der Waals surface area contributed by atoms with Crippen molar-refractivity contribution >= 4 is 0 Å². The normalized spacial score (nSPS) is 25.5. The molecule has 2 atom stereocenters. The van der Waals surface area contributed by atoms with Gasteiger partial charge >= 0.3 is 0 Å². The second-order valence-electron chi connectivity index (χ2n) is 4.55. The summed E-state index contributed by atoms with van der Waals surface area (Å²) in [5, 5.41) is 3.62. The Bertz CT molecular complexity index is 147. The predicted octanol–water partition coefficient (Wildman–Crippen LogP) is 2.25. The van der Waals surface area contributed by atoms with Crippen LogP contribution >= 0.6 is 0 Å². The largest absolute Gasteiger partial charge is 0.313 e. The zero-order chi connectivity index (χ0) is 10.4. The van der Waals surface area contributed by atoms with Crippen molar-refractivity contribution in [1.29, 1.82) is 0 Å². The van der Waals surface area contributed by atoms with Gasteiger partial charge in [0, 0.05) is 18.6 Å². The van der Waals surface area contributed by atoms with E-state index < -0.39 is 0 Å². The molecule has 1 aliphatic heterocycles. The van der Waals surface area contributed by atoms with Crippen LogP contribution in [0.5, 0.6) is 0 Å². The summed E-state index contributed by atoms with van der Waals surface area (Å²) in [6, 6.07) is 1.52. The van der Waals surface area contributed by atoms with Crippen LogP contribution in [-0.4, -0.2) is 36.6 Å². The summed E-state index contributed by atoms with van der Waals surface area (Å²) in [4.78, 5) is 2.64. The summed E-state index contributed by atoms with van der Waals surface area (Å²) in [6.45, 7) is 10.6. The van der Waals surface area contributed by atoms with Crippen LogP contribution in [0.1, 0.15) is 46.5 Å². The third kappa shape index (κ3) is 3.58. The van der Waals surface area contributed by atoms with Crippen molar-refractivity contribution in [1.82, 2.24) is 10.2 Å².